The molecule has 0 bridgehead atoms. The van der Waals surface area contributed by atoms with Gasteiger partial charge in [0.15, 0.2) is 5.78 Å². The number of ketones is 1. The summed E-state index contributed by atoms with van der Waals surface area (Å²) in [7, 11) is 0. The van der Waals surface area contributed by atoms with Crippen LogP contribution in [0, 0.1) is 10.1 Å². The highest BCUT2D eigenvalue weighted by Crippen LogP contribution is 2.34. The van der Waals surface area contributed by atoms with Crippen molar-refractivity contribution in [1.82, 2.24) is 0 Å². The number of halogens is 1. The van der Waals surface area contributed by atoms with Crippen molar-refractivity contribution in [1.29, 1.82) is 0 Å². The molecule has 0 saturated carbocycles. The number of rotatable bonds is 2. The first kappa shape index (κ1) is 14.3. The van der Waals surface area contributed by atoms with Gasteiger partial charge in [0, 0.05) is 17.7 Å². The van der Waals surface area contributed by atoms with Crippen LogP contribution in [0.1, 0.15) is 15.9 Å². The van der Waals surface area contributed by atoms with Gasteiger partial charge in [-0.2, -0.15) is 0 Å². The van der Waals surface area contributed by atoms with Gasteiger partial charge in [0.1, 0.15) is 12.4 Å². The predicted molar refractivity (Wildman–Crippen MR) is 82.4 cm³/mol. The minimum atomic E-state index is -0.468. The maximum Gasteiger partial charge on any atom is 0.269 e. The third-order valence-corrected chi connectivity index (χ3v) is 3.62. The normalized spacial score (nSPS) is 15.3. The number of non-ortho nitro benzene ring substituents is 1. The van der Waals surface area contributed by atoms with Crippen LogP contribution >= 0.6 is 11.6 Å². The lowest BCUT2D eigenvalue weighted by Gasteiger charge is -2.19. The molecule has 0 N–H and O–H groups in total. The Morgan fingerprint density at radius 1 is 1.18 bits per heavy atom. The van der Waals surface area contributed by atoms with E-state index in [0.717, 1.165) is 0 Å². The topological polar surface area (TPSA) is 69.4 Å². The van der Waals surface area contributed by atoms with Crippen LogP contribution in [-0.4, -0.2) is 17.3 Å². The van der Waals surface area contributed by atoms with Crippen molar-refractivity contribution in [2.45, 2.75) is 0 Å². The Kier molecular flexibility index (Phi) is 3.65. The van der Waals surface area contributed by atoms with Gasteiger partial charge in [0.05, 0.1) is 15.5 Å². The van der Waals surface area contributed by atoms with Gasteiger partial charge in [-0.25, -0.2) is 0 Å². The van der Waals surface area contributed by atoms with Crippen molar-refractivity contribution in [3.8, 4) is 5.75 Å². The van der Waals surface area contributed by atoms with E-state index in [4.69, 9.17) is 16.3 Å². The molecule has 22 heavy (non-hydrogen) atoms. The summed E-state index contributed by atoms with van der Waals surface area (Å²) in [5.74, 6) is 0.247. The summed E-state index contributed by atoms with van der Waals surface area (Å²) in [6, 6.07) is 11.0. The smallest absolute Gasteiger partial charge is 0.269 e. The van der Waals surface area contributed by atoms with E-state index in [-0.39, 0.29) is 18.1 Å². The van der Waals surface area contributed by atoms with E-state index in [0.29, 0.717) is 27.5 Å². The predicted octanol–water partition coefficient (Wildman–Crippen LogP) is 3.91. The van der Waals surface area contributed by atoms with Gasteiger partial charge in [-0.1, -0.05) is 17.7 Å². The number of benzene rings is 2. The Bertz CT molecular complexity index is 796. The average Bonchev–Trinajstić information content (AvgIpc) is 2.51. The number of para-hydroxylation sites is 1. The Balaban J connectivity index is 1.93. The molecule has 0 fully saturated rings. The molecule has 0 spiro atoms. The number of carbonyl (C=O) groups excluding carboxylic acids is 1. The molecule has 0 aliphatic carbocycles. The van der Waals surface area contributed by atoms with Crippen LogP contribution in [0.15, 0.2) is 48.0 Å². The van der Waals surface area contributed by atoms with Crippen molar-refractivity contribution < 1.29 is 14.5 Å². The molecule has 0 saturated heterocycles. The summed E-state index contributed by atoms with van der Waals surface area (Å²) < 4.78 is 5.54. The maximum absolute atomic E-state index is 12.4. The molecule has 1 aliphatic rings. The van der Waals surface area contributed by atoms with Gasteiger partial charge in [0.25, 0.3) is 5.69 Å². The van der Waals surface area contributed by atoms with Crippen LogP contribution in [0.5, 0.6) is 5.75 Å². The van der Waals surface area contributed by atoms with Crippen LogP contribution in [0.3, 0.4) is 0 Å². The molecule has 6 heteroatoms. The first-order chi connectivity index (χ1) is 10.6. The number of nitrogens with zero attached hydrogens (tertiary/aromatic N) is 1. The van der Waals surface area contributed by atoms with E-state index < -0.39 is 4.92 Å². The standard InChI is InChI=1S/C16H10ClNO4/c17-14-3-1-2-13-15(19)11(9-22-16(13)14)8-10-4-6-12(7-5-10)18(20)21/h1-8H,9H2/b11-8+. The second-order valence-electron chi connectivity index (χ2n) is 4.75. The third kappa shape index (κ3) is 2.58. The van der Waals surface area contributed by atoms with E-state index in [2.05, 4.69) is 0 Å². The number of hydrogen-bond donors (Lipinski definition) is 0. The van der Waals surface area contributed by atoms with E-state index in [1.54, 1.807) is 36.4 Å². The molecule has 3 rings (SSSR count). The number of hydrogen-bond acceptors (Lipinski definition) is 4. The summed E-state index contributed by atoms with van der Waals surface area (Å²) in [5, 5.41) is 11.0. The number of fused-ring (bicyclic) bond motifs is 1. The lowest BCUT2D eigenvalue weighted by atomic mass is 9.98. The average molecular weight is 316 g/mol. The highest BCUT2D eigenvalue weighted by atomic mass is 35.5. The van der Waals surface area contributed by atoms with Gasteiger partial charge in [-0.05, 0) is 35.9 Å². The molecule has 2 aromatic rings. The molecule has 110 valence electrons. The van der Waals surface area contributed by atoms with Crippen LogP contribution < -0.4 is 4.74 Å². The second kappa shape index (κ2) is 5.61. The Morgan fingerprint density at radius 2 is 1.91 bits per heavy atom. The molecular weight excluding hydrogens is 306 g/mol. The van der Waals surface area contributed by atoms with Gasteiger partial charge < -0.3 is 4.74 Å². The molecule has 2 aromatic carbocycles. The van der Waals surface area contributed by atoms with Crippen LogP contribution in [0.4, 0.5) is 5.69 Å². The van der Waals surface area contributed by atoms with Crippen molar-refractivity contribution in [2.24, 2.45) is 0 Å². The summed E-state index contributed by atoms with van der Waals surface area (Å²) in [4.78, 5) is 22.6. The fourth-order valence-corrected chi connectivity index (χ4v) is 2.45. The largest absolute Gasteiger partial charge is 0.486 e. The lowest BCUT2D eigenvalue weighted by Crippen LogP contribution is -2.19. The fraction of sp³-hybridized carbons (Fsp3) is 0.0625. The van der Waals surface area contributed by atoms with Gasteiger partial charge in [-0.15, -0.1) is 0 Å². The summed E-state index contributed by atoms with van der Waals surface area (Å²) >= 11 is 6.00. The SMILES string of the molecule is O=C1/C(=C/c2ccc([N+](=O)[O-])cc2)COc2c(Cl)cccc21. The second-order valence-corrected chi connectivity index (χ2v) is 5.16. The zero-order chi connectivity index (χ0) is 15.7. The first-order valence-electron chi connectivity index (χ1n) is 6.47. The minimum absolute atomic E-state index is 0.00509. The maximum atomic E-state index is 12.4. The van der Waals surface area contributed by atoms with E-state index in [1.165, 1.54) is 12.1 Å². The Labute approximate surface area is 130 Å². The van der Waals surface area contributed by atoms with Crippen molar-refractivity contribution in [3.05, 3.63) is 74.3 Å². The quantitative estimate of drug-likeness (QED) is 0.478. The molecule has 5 nitrogen and oxygen atoms in total. The van der Waals surface area contributed by atoms with Crippen LogP contribution in [0.25, 0.3) is 6.08 Å². The monoisotopic (exact) mass is 315 g/mol. The molecule has 1 heterocycles. The number of ether oxygens (including phenoxy) is 1. The van der Waals surface area contributed by atoms with Crippen LogP contribution in [0.2, 0.25) is 5.02 Å². The van der Waals surface area contributed by atoms with Gasteiger partial charge in [0.2, 0.25) is 0 Å². The first-order valence-corrected chi connectivity index (χ1v) is 6.85. The lowest BCUT2D eigenvalue weighted by molar-refractivity contribution is -0.384. The van der Waals surface area contributed by atoms with Crippen molar-refractivity contribution in [3.63, 3.8) is 0 Å². The van der Waals surface area contributed by atoms with Gasteiger partial charge in [-0.3, -0.25) is 14.9 Å². The minimum Gasteiger partial charge on any atom is -0.486 e. The van der Waals surface area contributed by atoms with Crippen molar-refractivity contribution >= 4 is 29.1 Å². The molecular formula is C16H10ClNO4. The highest BCUT2D eigenvalue weighted by Gasteiger charge is 2.24. The van der Waals surface area contributed by atoms with E-state index in [1.807, 2.05) is 0 Å². The molecule has 0 amide bonds. The fourth-order valence-electron chi connectivity index (χ4n) is 2.22. The van der Waals surface area contributed by atoms with E-state index >= 15 is 0 Å². The van der Waals surface area contributed by atoms with E-state index in [9.17, 15) is 14.9 Å². The molecule has 1 aliphatic heterocycles. The number of carbonyl (C=O) groups is 1. The third-order valence-electron chi connectivity index (χ3n) is 3.32. The molecule has 0 aromatic heterocycles. The molecule has 0 atom stereocenters. The summed E-state index contributed by atoms with van der Waals surface area (Å²) in [6.07, 6.45) is 1.66. The Morgan fingerprint density at radius 3 is 2.59 bits per heavy atom. The summed E-state index contributed by atoms with van der Waals surface area (Å²) in [5.41, 5.74) is 1.60. The zero-order valence-electron chi connectivity index (χ0n) is 11.3. The van der Waals surface area contributed by atoms with Crippen molar-refractivity contribution in [2.75, 3.05) is 6.61 Å². The Hall–Kier alpha value is -2.66. The van der Waals surface area contributed by atoms with Gasteiger partial charge >= 0.3 is 0 Å². The molecule has 0 radical (unpaired) electrons. The molecule has 0 unspecified atom stereocenters. The summed E-state index contributed by atoms with van der Waals surface area (Å²) in [6.45, 7) is 0.118. The number of nitro groups is 1. The highest BCUT2D eigenvalue weighted by molar-refractivity contribution is 6.33. The number of Topliss-reactive ketones (excluding diaryl/α,β-unsaturated/α-hetero) is 1. The number of nitro benzene ring substituents is 1. The van der Waals surface area contributed by atoms with Crippen LogP contribution in [-0.2, 0) is 0 Å². The zero-order valence-corrected chi connectivity index (χ0v) is 12.0.